The molecular formula is C10H21NO3S. The lowest BCUT2D eigenvalue weighted by atomic mass is 9.97. The van der Waals surface area contributed by atoms with Gasteiger partial charge < -0.3 is 5.32 Å². The standard InChI is InChI=1S/C10H21NO3S/c12-15(13,14)9-8-11-10-6-4-2-1-3-5-7-10/h10-11H,1-9H2,(H,12,13,14). The molecule has 1 aliphatic rings. The molecule has 0 saturated heterocycles. The summed E-state index contributed by atoms with van der Waals surface area (Å²) in [6.45, 7) is 0.365. The molecule has 0 aromatic carbocycles. The molecule has 0 heterocycles. The number of hydrogen-bond donors (Lipinski definition) is 2. The summed E-state index contributed by atoms with van der Waals surface area (Å²) in [5.74, 6) is -0.177. The van der Waals surface area contributed by atoms with Crippen LogP contribution in [0.25, 0.3) is 0 Å². The minimum atomic E-state index is -3.80. The molecule has 0 bridgehead atoms. The quantitative estimate of drug-likeness (QED) is 0.726. The fourth-order valence-corrected chi connectivity index (χ4v) is 2.43. The third-order valence-electron chi connectivity index (χ3n) is 2.90. The molecule has 1 saturated carbocycles. The predicted molar refractivity (Wildman–Crippen MR) is 60.5 cm³/mol. The van der Waals surface area contributed by atoms with Crippen LogP contribution in [0.1, 0.15) is 44.9 Å². The van der Waals surface area contributed by atoms with Gasteiger partial charge in [0.2, 0.25) is 0 Å². The molecule has 0 aromatic rings. The van der Waals surface area contributed by atoms with E-state index in [1.54, 1.807) is 0 Å². The Morgan fingerprint density at radius 2 is 1.60 bits per heavy atom. The van der Waals surface area contributed by atoms with Crippen molar-refractivity contribution in [3.8, 4) is 0 Å². The predicted octanol–water partition coefficient (Wildman–Crippen LogP) is 1.58. The van der Waals surface area contributed by atoms with Crippen molar-refractivity contribution in [3.63, 3.8) is 0 Å². The van der Waals surface area contributed by atoms with Gasteiger partial charge in [0.25, 0.3) is 10.1 Å². The molecule has 0 aliphatic heterocycles. The Balaban J connectivity index is 2.18. The van der Waals surface area contributed by atoms with E-state index in [9.17, 15) is 8.42 Å². The maximum atomic E-state index is 10.5. The van der Waals surface area contributed by atoms with Crippen LogP contribution < -0.4 is 5.32 Å². The van der Waals surface area contributed by atoms with Crippen molar-refractivity contribution in [2.24, 2.45) is 0 Å². The first-order chi connectivity index (χ1) is 7.08. The number of rotatable bonds is 4. The first-order valence-electron chi connectivity index (χ1n) is 5.76. The highest BCUT2D eigenvalue weighted by atomic mass is 32.2. The highest BCUT2D eigenvalue weighted by Crippen LogP contribution is 2.16. The second-order valence-electron chi connectivity index (χ2n) is 4.28. The number of hydrogen-bond acceptors (Lipinski definition) is 3. The van der Waals surface area contributed by atoms with Crippen molar-refractivity contribution in [1.29, 1.82) is 0 Å². The molecule has 1 fully saturated rings. The van der Waals surface area contributed by atoms with E-state index in [-0.39, 0.29) is 5.75 Å². The minimum absolute atomic E-state index is 0.177. The normalized spacial score (nSPS) is 20.9. The topological polar surface area (TPSA) is 66.4 Å². The van der Waals surface area contributed by atoms with Gasteiger partial charge in [0.15, 0.2) is 0 Å². The van der Waals surface area contributed by atoms with Gasteiger partial charge in [-0.15, -0.1) is 0 Å². The summed E-state index contributed by atoms with van der Waals surface area (Å²) in [5.41, 5.74) is 0. The van der Waals surface area contributed by atoms with Gasteiger partial charge in [0, 0.05) is 12.6 Å². The van der Waals surface area contributed by atoms with Crippen LogP contribution in [0.2, 0.25) is 0 Å². The Morgan fingerprint density at radius 3 is 2.13 bits per heavy atom. The third-order valence-corrected chi connectivity index (χ3v) is 3.62. The number of nitrogens with one attached hydrogen (secondary N) is 1. The van der Waals surface area contributed by atoms with Crippen LogP contribution >= 0.6 is 0 Å². The van der Waals surface area contributed by atoms with Crippen LogP contribution in [0.5, 0.6) is 0 Å². The van der Waals surface area contributed by atoms with E-state index in [2.05, 4.69) is 5.32 Å². The second-order valence-corrected chi connectivity index (χ2v) is 5.85. The average molecular weight is 235 g/mol. The van der Waals surface area contributed by atoms with E-state index < -0.39 is 10.1 Å². The molecule has 0 atom stereocenters. The molecule has 5 heteroatoms. The van der Waals surface area contributed by atoms with Crippen molar-refractivity contribution >= 4 is 10.1 Å². The molecule has 1 aliphatic carbocycles. The summed E-state index contributed by atoms with van der Waals surface area (Å²) in [7, 11) is -3.80. The Hall–Kier alpha value is -0.130. The average Bonchev–Trinajstić information content (AvgIpc) is 2.06. The summed E-state index contributed by atoms with van der Waals surface area (Å²) >= 11 is 0. The van der Waals surface area contributed by atoms with Gasteiger partial charge in [0.05, 0.1) is 5.75 Å². The van der Waals surface area contributed by atoms with E-state index in [0.717, 1.165) is 12.8 Å². The van der Waals surface area contributed by atoms with Crippen molar-refractivity contribution < 1.29 is 13.0 Å². The van der Waals surface area contributed by atoms with E-state index >= 15 is 0 Å². The zero-order valence-electron chi connectivity index (χ0n) is 9.11. The van der Waals surface area contributed by atoms with Crippen LogP contribution in [0.15, 0.2) is 0 Å². The first kappa shape index (κ1) is 12.9. The fraction of sp³-hybridized carbons (Fsp3) is 1.00. The Bertz CT molecular complexity index is 256. The lowest BCUT2D eigenvalue weighted by Crippen LogP contribution is -2.33. The fourth-order valence-electron chi connectivity index (χ4n) is 2.05. The van der Waals surface area contributed by atoms with E-state index in [1.807, 2.05) is 0 Å². The molecule has 0 spiro atoms. The smallest absolute Gasteiger partial charge is 0.266 e. The SMILES string of the molecule is O=S(=O)(O)CCNC1CCCCCCC1. The summed E-state index contributed by atoms with van der Waals surface area (Å²) < 4.78 is 29.6. The Morgan fingerprint density at radius 1 is 1.07 bits per heavy atom. The lowest BCUT2D eigenvalue weighted by molar-refractivity contribution is 0.394. The summed E-state index contributed by atoms with van der Waals surface area (Å²) in [5, 5.41) is 3.21. The van der Waals surface area contributed by atoms with Crippen LogP contribution in [-0.4, -0.2) is 31.3 Å². The molecular weight excluding hydrogens is 214 g/mol. The molecule has 15 heavy (non-hydrogen) atoms. The first-order valence-corrected chi connectivity index (χ1v) is 7.37. The van der Waals surface area contributed by atoms with E-state index in [4.69, 9.17) is 4.55 Å². The zero-order chi connectivity index (χ0) is 11.1. The van der Waals surface area contributed by atoms with Gasteiger partial charge in [-0.1, -0.05) is 32.1 Å². The van der Waals surface area contributed by atoms with Crippen LogP contribution in [0, 0.1) is 0 Å². The molecule has 0 aromatic heterocycles. The van der Waals surface area contributed by atoms with Crippen molar-refractivity contribution in [1.82, 2.24) is 5.32 Å². The van der Waals surface area contributed by atoms with Gasteiger partial charge in [-0.2, -0.15) is 8.42 Å². The van der Waals surface area contributed by atoms with Crippen LogP contribution in [0.4, 0.5) is 0 Å². The minimum Gasteiger partial charge on any atom is -0.313 e. The van der Waals surface area contributed by atoms with Gasteiger partial charge in [-0.25, -0.2) is 0 Å². The van der Waals surface area contributed by atoms with Crippen molar-refractivity contribution in [2.75, 3.05) is 12.3 Å². The van der Waals surface area contributed by atoms with Gasteiger partial charge in [0.1, 0.15) is 0 Å². The summed E-state index contributed by atoms with van der Waals surface area (Å²) in [6.07, 6.45) is 8.62. The maximum absolute atomic E-state index is 10.5. The molecule has 0 radical (unpaired) electrons. The highest BCUT2D eigenvalue weighted by molar-refractivity contribution is 7.85. The van der Waals surface area contributed by atoms with Crippen molar-refractivity contribution in [2.45, 2.75) is 51.0 Å². The summed E-state index contributed by atoms with van der Waals surface area (Å²) in [4.78, 5) is 0. The zero-order valence-corrected chi connectivity index (χ0v) is 9.93. The molecule has 0 unspecified atom stereocenters. The molecule has 1 rings (SSSR count). The van der Waals surface area contributed by atoms with E-state index in [0.29, 0.717) is 12.6 Å². The van der Waals surface area contributed by atoms with Crippen LogP contribution in [0.3, 0.4) is 0 Å². The van der Waals surface area contributed by atoms with Crippen molar-refractivity contribution in [3.05, 3.63) is 0 Å². The molecule has 4 nitrogen and oxygen atoms in total. The monoisotopic (exact) mass is 235 g/mol. The van der Waals surface area contributed by atoms with E-state index in [1.165, 1.54) is 32.1 Å². The second kappa shape index (κ2) is 6.45. The molecule has 90 valence electrons. The van der Waals surface area contributed by atoms with Gasteiger partial charge >= 0.3 is 0 Å². The highest BCUT2D eigenvalue weighted by Gasteiger charge is 2.11. The maximum Gasteiger partial charge on any atom is 0.266 e. The van der Waals surface area contributed by atoms with Crippen LogP contribution in [-0.2, 0) is 10.1 Å². The Kier molecular flexibility index (Phi) is 5.56. The summed E-state index contributed by atoms with van der Waals surface area (Å²) in [6, 6.07) is 0.437. The third kappa shape index (κ3) is 6.87. The molecule has 0 amide bonds. The lowest BCUT2D eigenvalue weighted by Gasteiger charge is -2.20. The molecule has 2 N–H and O–H groups in total. The largest absolute Gasteiger partial charge is 0.313 e. The van der Waals surface area contributed by atoms with Gasteiger partial charge in [-0.05, 0) is 12.8 Å². The van der Waals surface area contributed by atoms with Gasteiger partial charge in [-0.3, -0.25) is 4.55 Å². The Labute approximate surface area is 92.2 Å².